The number of hydrogen-bond donors (Lipinski definition) is 2. The van der Waals surface area contributed by atoms with Gasteiger partial charge in [0.05, 0.1) is 6.61 Å². The lowest BCUT2D eigenvalue weighted by Gasteiger charge is -2.55. The number of allylic oxidation sites excluding steroid dienone is 1. The first-order valence-electron chi connectivity index (χ1n) is 10.6. The zero-order valence-electron chi connectivity index (χ0n) is 16.6. The molecule has 1 aromatic carbocycles. The molecule has 4 aliphatic carbocycles. The largest absolute Gasteiger partial charge is 0.392 e. The van der Waals surface area contributed by atoms with E-state index >= 15 is 0 Å². The normalized spacial score (nSPS) is 37.1. The first-order valence-corrected chi connectivity index (χ1v) is 10.6. The molecular weight excluding hydrogens is 334 g/mol. The summed E-state index contributed by atoms with van der Waals surface area (Å²) >= 11 is 0. The number of aliphatic hydroxyl groups is 1. The minimum Gasteiger partial charge on any atom is -0.392 e. The third kappa shape index (κ3) is 2.95. The first kappa shape index (κ1) is 17.5. The number of hydrogen-bond acceptors (Lipinski definition) is 3. The minimum absolute atomic E-state index is 0.0619. The van der Waals surface area contributed by atoms with Crippen molar-refractivity contribution in [1.29, 1.82) is 0 Å². The monoisotopic (exact) mass is 365 g/mol. The van der Waals surface area contributed by atoms with Crippen LogP contribution in [0.4, 0.5) is 0 Å². The number of carbonyl (C=O) groups excluding carboxylic acids is 1. The highest BCUT2D eigenvalue weighted by Gasteiger charge is 2.53. The predicted octanol–water partition coefficient (Wildman–Crippen LogP) is 4.23. The average molecular weight is 366 g/mol. The first-order chi connectivity index (χ1) is 12.9. The van der Waals surface area contributed by atoms with Crippen LogP contribution in [0, 0.1) is 23.2 Å². The summed E-state index contributed by atoms with van der Waals surface area (Å²) in [6, 6.07) is 6.14. The van der Waals surface area contributed by atoms with Crippen molar-refractivity contribution in [2.75, 3.05) is 0 Å². The molecule has 0 atom stereocenters. The van der Waals surface area contributed by atoms with E-state index in [1.54, 1.807) is 0 Å². The highest BCUT2D eigenvalue weighted by molar-refractivity contribution is 6.01. The lowest BCUT2D eigenvalue weighted by molar-refractivity contribution is -0.138. The molecule has 4 fully saturated rings. The van der Waals surface area contributed by atoms with Gasteiger partial charge in [0.25, 0.3) is 0 Å². The Morgan fingerprint density at radius 2 is 1.78 bits per heavy atom. The summed E-state index contributed by atoms with van der Waals surface area (Å²) in [5, 5.41) is 13.1. The molecule has 1 aromatic rings. The second-order valence-corrected chi connectivity index (χ2v) is 10.5. The smallest absolute Gasteiger partial charge is 0.163 e. The Balaban J connectivity index is 1.51. The third-order valence-corrected chi connectivity index (χ3v) is 7.58. The van der Waals surface area contributed by atoms with E-state index in [0.29, 0.717) is 5.78 Å². The van der Waals surface area contributed by atoms with Crippen LogP contribution in [0.15, 0.2) is 24.3 Å². The summed E-state index contributed by atoms with van der Waals surface area (Å²) in [6.45, 7) is 4.43. The maximum atomic E-state index is 13.6. The summed E-state index contributed by atoms with van der Waals surface area (Å²) in [5.41, 5.74) is 4.11. The van der Waals surface area contributed by atoms with E-state index in [1.165, 1.54) is 24.8 Å². The van der Waals surface area contributed by atoms with Gasteiger partial charge in [0.1, 0.15) is 0 Å². The number of ketones is 1. The van der Waals surface area contributed by atoms with Crippen molar-refractivity contribution < 1.29 is 9.90 Å². The van der Waals surface area contributed by atoms with Crippen LogP contribution in [0.3, 0.4) is 0 Å². The van der Waals surface area contributed by atoms with Gasteiger partial charge < -0.3 is 10.4 Å². The van der Waals surface area contributed by atoms with Crippen molar-refractivity contribution in [2.24, 2.45) is 23.2 Å². The van der Waals surface area contributed by atoms with Gasteiger partial charge >= 0.3 is 0 Å². The molecule has 0 radical (unpaired) electrons. The molecular formula is C24H31NO2. The van der Waals surface area contributed by atoms with Crippen molar-refractivity contribution in [3.8, 4) is 0 Å². The highest BCUT2D eigenvalue weighted by atomic mass is 16.3. The fourth-order valence-electron chi connectivity index (χ4n) is 6.92. The van der Waals surface area contributed by atoms with E-state index in [9.17, 15) is 9.90 Å². The summed E-state index contributed by atoms with van der Waals surface area (Å²) in [6.07, 6.45) is 10.3. The quantitative estimate of drug-likeness (QED) is 0.788. The zero-order chi connectivity index (χ0) is 18.8. The van der Waals surface area contributed by atoms with Gasteiger partial charge in [-0.05, 0) is 87.7 Å². The summed E-state index contributed by atoms with van der Waals surface area (Å²) in [7, 11) is 0. The molecule has 1 heterocycles. The molecule has 0 aromatic heterocycles. The van der Waals surface area contributed by atoms with Crippen molar-refractivity contribution >= 4 is 11.5 Å². The Morgan fingerprint density at radius 1 is 1.15 bits per heavy atom. The van der Waals surface area contributed by atoms with Gasteiger partial charge in [0, 0.05) is 28.3 Å². The van der Waals surface area contributed by atoms with Crippen molar-refractivity contribution in [1.82, 2.24) is 5.32 Å². The van der Waals surface area contributed by atoms with Crippen molar-refractivity contribution in [2.45, 2.75) is 70.9 Å². The number of fused-ring (bicyclic) bond motifs is 1. The van der Waals surface area contributed by atoms with Crippen molar-refractivity contribution in [3.63, 3.8) is 0 Å². The van der Waals surface area contributed by atoms with E-state index in [-0.39, 0.29) is 17.6 Å². The van der Waals surface area contributed by atoms with Gasteiger partial charge in [-0.3, -0.25) is 4.79 Å². The Labute approximate surface area is 162 Å². The standard InChI is InChI=1S/C24H31NO2/c1-23(2)13-19-8-15(14-26)3-4-20(19)21(25-23)9-22(27)24-10-16-5-17(11-24)7-18(6-16)12-24/h3-4,8-9,16-18,25-26H,5-7,10-14H2,1-2H3/b21-9+. The summed E-state index contributed by atoms with van der Waals surface area (Å²) in [5.74, 6) is 2.72. The number of nitrogens with one attached hydrogen (secondary N) is 1. The van der Waals surface area contributed by atoms with Crippen LogP contribution in [0.1, 0.15) is 69.1 Å². The Kier molecular flexibility index (Phi) is 3.85. The molecule has 0 spiro atoms. The second kappa shape index (κ2) is 5.94. The molecule has 144 valence electrons. The molecule has 0 saturated heterocycles. The maximum absolute atomic E-state index is 13.6. The van der Waals surface area contributed by atoms with E-state index in [1.807, 2.05) is 12.1 Å². The molecule has 5 aliphatic rings. The van der Waals surface area contributed by atoms with Crippen LogP contribution in [0.5, 0.6) is 0 Å². The Hall–Kier alpha value is -1.61. The average Bonchev–Trinajstić information content (AvgIpc) is 2.59. The van der Waals surface area contributed by atoms with E-state index in [0.717, 1.165) is 60.3 Å². The number of benzene rings is 1. The fraction of sp³-hybridized carbons (Fsp3) is 0.625. The van der Waals surface area contributed by atoms with Gasteiger partial charge in [-0.15, -0.1) is 0 Å². The van der Waals surface area contributed by atoms with E-state index < -0.39 is 0 Å². The lowest BCUT2D eigenvalue weighted by Crippen LogP contribution is -2.50. The molecule has 27 heavy (non-hydrogen) atoms. The second-order valence-electron chi connectivity index (χ2n) is 10.5. The van der Waals surface area contributed by atoms with Gasteiger partial charge in [0.15, 0.2) is 5.78 Å². The minimum atomic E-state index is -0.0886. The van der Waals surface area contributed by atoms with E-state index in [2.05, 4.69) is 31.3 Å². The summed E-state index contributed by atoms with van der Waals surface area (Å²) in [4.78, 5) is 13.6. The van der Waals surface area contributed by atoms with E-state index in [4.69, 9.17) is 0 Å². The Bertz CT molecular complexity index is 784. The van der Waals surface area contributed by atoms with Crippen LogP contribution >= 0.6 is 0 Å². The third-order valence-electron chi connectivity index (χ3n) is 7.58. The van der Waals surface area contributed by atoms with Crippen LogP contribution in [0.2, 0.25) is 0 Å². The van der Waals surface area contributed by atoms with Crippen LogP contribution < -0.4 is 5.32 Å². The van der Waals surface area contributed by atoms with Crippen LogP contribution in [-0.4, -0.2) is 16.4 Å². The fourth-order valence-corrected chi connectivity index (χ4v) is 6.92. The molecule has 3 nitrogen and oxygen atoms in total. The predicted molar refractivity (Wildman–Crippen MR) is 107 cm³/mol. The number of aliphatic hydroxyl groups excluding tert-OH is 1. The number of carbonyl (C=O) groups is 1. The number of rotatable bonds is 3. The molecule has 0 unspecified atom stereocenters. The highest BCUT2D eigenvalue weighted by Crippen LogP contribution is 2.60. The van der Waals surface area contributed by atoms with Gasteiger partial charge in [-0.1, -0.05) is 18.2 Å². The molecule has 2 N–H and O–H groups in total. The topological polar surface area (TPSA) is 49.3 Å². The zero-order valence-corrected chi connectivity index (χ0v) is 16.6. The molecule has 1 aliphatic heterocycles. The SMILES string of the molecule is CC1(C)Cc2cc(CO)ccc2/C(=C\C(=O)C23CC4CC(CC(C4)C2)C3)N1. The molecule has 3 heteroatoms. The molecule has 0 amide bonds. The maximum Gasteiger partial charge on any atom is 0.163 e. The van der Waals surface area contributed by atoms with Gasteiger partial charge in [-0.25, -0.2) is 0 Å². The molecule has 6 rings (SSSR count). The molecule has 4 saturated carbocycles. The summed E-state index contributed by atoms with van der Waals surface area (Å²) < 4.78 is 0. The molecule has 4 bridgehead atoms. The van der Waals surface area contributed by atoms with Gasteiger partial charge in [-0.2, -0.15) is 0 Å². The van der Waals surface area contributed by atoms with Crippen LogP contribution in [0.25, 0.3) is 5.70 Å². The Morgan fingerprint density at radius 3 is 2.37 bits per heavy atom. The van der Waals surface area contributed by atoms with Crippen LogP contribution in [-0.2, 0) is 17.8 Å². The van der Waals surface area contributed by atoms with Crippen molar-refractivity contribution in [3.05, 3.63) is 41.0 Å². The van der Waals surface area contributed by atoms with Gasteiger partial charge in [0.2, 0.25) is 0 Å². The lowest BCUT2D eigenvalue weighted by atomic mass is 9.48.